The van der Waals surface area contributed by atoms with Crippen molar-refractivity contribution < 1.29 is 32.6 Å². The number of hydrogen-bond donors (Lipinski definition) is 1. The number of aliphatic hydroxyl groups is 1. The maximum atomic E-state index is 13.1. The molecule has 0 spiro atoms. The van der Waals surface area contributed by atoms with Crippen LogP contribution in [0.5, 0.6) is 0 Å². The minimum atomic E-state index is -3.47. The van der Waals surface area contributed by atoms with E-state index < -0.39 is 21.9 Å². The molecule has 9 heteroatoms. The van der Waals surface area contributed by atoms with Crippen LogP contribution in [0.15, 0.2) is 35.2 Å². The van der Waals surface area contributed by atoms with Crippen LogP contribution in [-0.4, -0.2) is 62.4 Å². The fraction of sp³-hybridized carbons (Fsp3) is 0.462. The van der Waals surface area contributed by atoms with Gasteiger partial charge in [-0.2, -0.15) is 0 Å². The first-order valence-corrected chi connectivity index (χ1v) is 13.6. The molecule has 0 aromatic heterocycles. The topological polar surface area (TPSA) is 110 Å². The van der Waals surface area contributed by atoms with Crippen LogP contribution >= 0.6 is 0 Å². The van der Waals surface area contributed by atoms with Crippen LogP contribution in [0.2, 0.25) is 0 Å². The highest BCUT2D eigenvalue weighted by atomic mass is 32.2. The van der Waals surface area contributed by atoms with Gasteiger partial charge in [-0.25, -0.2) is 18.0 Å². The average Bonchev–Trinajstić information content (AvgIpc) is 3.22. The monoisotopic (exact) mass is 499 g/mol. The largest absolute Gasteiger partial charge is 0.462 e. The van der Waals surface area contributed by atoms with Crippen molar-refractivity contribution in [1.82, 2.24) is 4.90 Å². The van der Waals surface area contributed by atoms with Gasteiger partial charge in [0.15, 0.2) is 9.84 Å². The molecule has 0 radical (unpaired) electrons. The van der Waals surface area contributed by atoms with Crippen molar-refractivity contribution in [1.29, 1.82) is 0 Å². The first-order valence-electron chi connectivity index (χ1n) is 12.0. The molecule has 0 aliphatic carbocycles. The fourth-order valence-electron chi connectivity index (χ4n) is 5.31. The molecule has 1 fully saturated rings. The zero-order valence-corrected chi connectivity index (χ0v) is 20.5. The van der Waals surface area contributed by atoms with E-state index in [1.165, 1.54) is 6.07 Å². The van der Waals surface area contributed by atoms with E-state index in [9.17, 15) is 23.1 Å². The van der Waals surface area contributed by atoms with Crippen LogP contribution < -0.4 is 0 Å². The van der Waals surface area contributed by atoms with Crippen LogP contribution in [0, 0.1) is 12.8 Å². The van der Waals surface area contributed by atoms with Crippen molar-refractivity contribution in [2.75, 3.05) is 32.0 Å². The highest BCUT2D eigenvalue weighted by Crippen LogP contribution is 2.31. The molecule has 1 atom stereocenters. The molecule has 0 bridgehead atoms. The van der Waals surface area contributed by atoms with Gasteiger partial charge in [0.25, 0.3) is 0 Å². The van der Waals surface area contributed by atoms with Gasteiger partial charge in [0.05, 0.1) is 34.5 Å². The summed E-state index contributed by atoms with van der Waals surface area (Å²) < 4.78 is 36.2. The lowest BCUT2D eigenvalue weighted by molar-refractivity contribution is 0.0478. The predicted molar refractivity (Wildman–Crippen MR) is 127 cm³/mol. The Morgan fingerprint density at radius 3 is 2.54 bits per heavy atom. The molecular weight excluding hydrogens is 470 g/mol. The summed E-state index contributed by atoms with van der Waals surface area (Å²) in [4.78, 5) is 26.0. The van der Waals surface area contributed by atoms with E-state index in [4.69, 9.17) is 9.47 Å². The number of benzene rings is 2. The number of rotatable bonds is 6. The summed E-state index contributed by atoms with van der Waals surface area (Å²) in [6.45, 7) is 4.29. The lowest BCUT2D eigenvalue weighted by Crippen LogP contribution is -2.38. The summed E-state index contributed by atoms with van der Waals surface area (Å²) in [5, 5.41) is 10.9. The molecule has 1 saturated heterocycles. The number of nitrogens with zero attached hydrogens (tertiary/aromatic N) is 1. The lowest BCUT2D eigenvalue weighted by atomic mass is 9.94. The summed E-state index contributed by atoms with van der Waals surface area (Å²) in [5.74, 6) is -0.607. The molecule has 2 aromatic carbocycles. The Hall–Kier alpha value is -2.75. The SMILES string of the molecule is Cc1c(C(O)CN2CCC(CS(=O)(=O)c3ccc4c(c3)CCOC4=O)CC2)ccc2c1COC2=O. The third-order valence-electron chi connectivity index (χ3n) is 7.42. The first-order chi connectivity index (χ1) is 16.7. The van der Waals surface area contributed by atoms with Crippen molar-refractivity contribution in [2.24, 2.45) is 5.92 Å². The molecule has 35 heavy (non-hydrogen) atoms. The number of β-amino-alcohol motifs (C(OH)–C–C–N with tert-alkyl or cyclic N) is 1. The Morgan fingerprint density at radius 2 is 1.77 bits per heavy atom. The number of likely N-dealkylation sites (tertiary alicyclic amines) is 1. The van der Waals surface area contributed by atoms with Gasteiger partial charge in [0.1, 0.15) is 6.61 Å². The Bertz CT molecular complexity index is 1280. The van der Waals surface area contributed by atoms with E-state index in [2.05, 4.69) is 4.90 Å². The van der Waals surface area contributed by atoms with Crippen LogP contribution in [0.25, 0.3) is 0 Å². The number of esters is 2. The van der Waals surface area contributed by atoms with Crippen molar-refractivity contribution in [2.45, 2.75) is 43.8 Å². The third kappa shape index (κ3) is 4.72. The van der Waals surface area contributed by atoms with E-state index in [1.54, 1.807) is 24.3 Å². The van der Waals surface area contributed by atoms with Crippen molar-refractivity contribution >= 4 is 21.8 Å². The quantitative estimate of drug-likeness (QED) is 0.604. The predicted octanol–water partition coefficient (Wildman–Crippen LogP) is 2.60. The maximum Gasteiger partial charge on any atom is 0.338 e. The van der Waals surface area contributed by atoms with Crippen LogP contribution in [-0.2, 0) is 32.3 Å². The number of hydrogen-bond acceptors (Lipinski definition) is 8. The lowest BCUT2D eigenvalue weighted by Gasteiger charge is -2.33. The van der Waals surface area contributed by atoms with Crippen molar-refractivity contribution in [3.63, 3.8) is 0 Å². The molecular formula is C26H29NO7S. The molecule has 3 aliphatic heterocycles. The van der Waals surface area contributed by atoms with Crippen LogP contribution in [0.1, 0.15) is 61.9 Å². The second kappa shape index (κ2) is 9.37. The zero-order valence-electron chi connectivity index (χ0n) is 19.7. The molecule has 0 saturated carbocycles. The summed E-state index contributed by atoms with van der Waals surface area (Å²) in [7, 11) is -3.47. The minimum absolute atomic E-state index is 0.0410. The molecule has 2 aromatic rings. The van der Waals surface area contributed by atoms with Gasteiger partial charge in [-0.3, -0.25) is 0 Å². The molecule has 186 valence electrons. The Balaban J connectivity index is 1.18. The van der Waals surface area contributed by atoms with Gasteiger partial charge in [-0.15, -0.1) is 0 Å². The maximum absolute atomic E-state index is 13.1. The molecule has 0 amide bonds. The standard InChI is InChI=1S/C26H29NO7S/c1-16-20(4-5-22-23(16)14-34-26(22)30)24(28)13-27-9-6-17(7-10-27)15-35(31,32)19-2-3-21-18(12-19)8-11-33-25(21)29/h2-5,12,17,24,28H,6-11,13-15H2,1H3. The number of piperidine rings is 1. The van der Waals surface area contributed by atoms with Crippen LogP contribution in [0.4, 0.5) is 0 Å². The van der Waals surface area contributed by atoms with Gasteiger partial charge in [-0.1, -0.05) is 6.07 Å². The molecule has 1 unspecified atom stereocenters. The smallest absolute Gasteiger partial charge is 0.338 e. The first kappa shape index (κ1) is 24.0. The van der Waals surface area contributed by atoms with Crippen LogP contribution in [0.3, 0.4) is 0 Å². The Kier molecular flexibility index (Phi) is 6.41. The Morgan fingerprint density at radius 1 is 1.06 bits per heavy atom. The summed E-state index contributed by atoms with van der Waals surface area (Å²) in [6.07, 6.45) is 1.29. The van der Waals surface area contributed by atoms with E-state index in [-0.39, 0.29) is 35.7 Å². The van der Waals surface area contributed by atoms with E-state index >= 15 is 0 Å². The minimum Gasteiger partial charge on any atom is -0.462 e. The summed E-state index contributed by atoms with van der Waals surface area (Å²) in [6, 6.07) is 8.19. The third-order valence-corrected chi connectivity index (χ3v) is 9.30. The number of cyclic esters (lactones) is 2. The van der Waals surface area contributed by atoms with Gasteiger partial charge >= 0.3 is 11.9 Å². The number of ether oxygens (including phenoxy) is 2. The fourth-order valence-corrected chi connectivity index (χ4v) is 7.06. The highest BCUT2D eigenvalue weighted by Gasteiger charge is 2.30. The normalized spacial score (nSPS) is 19.6. The van der Waals surface area contributed by atoms with Crippen molar-refractivity contribution in [3.8, 4) is 0 Å². The molecule has 3 aliphatic rings. The molecule has 1 N–H and O–H groups in total. The zero-order chi connectivity index (χ0) is 24.7. The van der Waals surface area contributed by atoms with E-state index in [1.807, 2.05) is 6.92 Å². The number of carbonyl (C=O) groups is 2. The summed E-state index contributed by atoms with van der Waals surface area (Å²) >= 11 is 0. The average molecular weight is 500 g/mol. The second-order valence-electron chi connectivity index (χ2n) is 9.63. The molecule has 5 rings (SSSR count). The van der Waals surface area contributed by atoms with Gasteiger partial charge in [-0.05, 0) is 79.7 Å². The number of sulfone groups is 1. The number of fused-ring (bicyclic) bond motifs is 2. The van der Waals surface area contributed by atoms with Crippen molar-refractivity contribution in [3.05, 3.63) is 63.7 Å². The highest BCUT2D eigenvalue weighted by molar-refractivity contribution is 7.91. The summed E-state index contributed by atoms with van der Waals surface area (Å²) in [5.41, 5.74) is 4.26. The van der Waals surface area contributed by atoms with Gasteiger partial charge in [0, 0.05) is 18.5 Å². The van der Waals surface area contributed by atoms with Gasteiger partial charge in [0.2, 0.25) is 0 Å². The number of carbonyl (C=O) groups excluding carboxylic acids is 2. The number of aliphatic hydroxyl groups excluding tert-OH is 1. The van der Waals surface area contributed by atoms with E-state index in [0.29, 0.717) is 37.2 Å². The molecule has 8 nitrogen and oxygen atoms in total. The molecule has 3 heterocycles. The van der Waals surface area contributed by atoms with Gasteiger partial charge < -0.3 is 19.5 Å². The second-order valence-corrected chi connectivity index (χ2v) is 11.7. The Labute approximate surface area is 204 Å². The van der Waals surface area contributed by atoms with E-state index in [0.717, 1.165) is 35.1 Å².